The van der Waals surface area contributed by atoms with Crippen molar-refractivity contribution >= 4 is 5.91 Å². The highest BCUT2D eigenvalue weighted by Crippen LogP contribution is 2.19. The highest BCUT2D eigenvalue weighted by molar-refractivity contribution is 5.84. The Morgan fingerprint density at radius 2 is 1.88 bits per heavy atom. The number of carbonyl (C=O) groups is 1. The first-order chi connectivity index (χ1) is 7.68. The van der Waals surface area contributed by atoms with E-state index in [2.05, 4.69) is 0 Å². The second-order valence-corrected chi connectivity index (χ2v) is 3.95. The van der Waals surface area contributed by atoms with Crippen molar-refractivity contribution in [1.29, 1.82) is 0 Å². The number of hydrogen-bond donors (Lipinski definition) is 0. The lowest BCUT2D eigenvalue weighted by atomic mass is 10.1. The van der Waals surface area contributed by atoms with Crippen LogP contribution in [0, 0.1) is 6.92 Å². The molecule has 3 rings (SSSR count). The molecule has 4 heteroatoms. The number of para-hydroxylation sites is 1. The fourth-order valence-electron chi connectivity index (χ4n) is 2.20. The van der Waals surface area contributed by atoms with E-state index in [1.54, 1.807) is 6.92 Å². The Morgan fingerprint density at radius 3 is 2.69 bits per heavy atom. The van der Waals surface area contributed by atoms with E-state index in [0.29, 0.717) is 12.1 Å². The van der Waals surface area contributed by atoms with Crippen LogP contribution in [0.4, 0.5) is 0 Å². The number of rotatable bonds is 0. The van der Waals surface area contributed by atoms with Gasteiger partial charge in [0.25, 0.3) is 5.56 Å². The lowest BCUT2D eigenvalue weighted by Gasteiger charge is -2.20. The lowest BCUT2D eigenvalue weighted by molar-refractivity contribution is 0.0877. The highest BCUT2D eigenvalue weighted by Gasteiger charge is 2.23. The molecule has 0 spiro atoms. The summed E-state index contributed by atoms with van der Waals surface area (Å²) in [4.78, 5) is 23.7. The molecule has 4 nitrogen and oxygen atoms in total. The molecule has 2 heterocycles. The van der Waals surface area contributed by atoms with Crippen molar-refractivity contribution < 1.29 is 4.79 Å². The van der Waals surface area contributed by atoms with Crippen molar-refractivity contribution in [2.45, 2.75) is 13.3 Å². The van der Waals surface area contributed by atoms with Gasteiger partial charge in [-0.2, -0.15) is 0 Å². The van der Waals surface area contributed by atoms with Crippen molar-refractivity contribution in [2.24, 2.45) is 0 Å². The maximum atomic E-state index is 11.9. The number of aromatic nitrogens is 2. The predicted octanol–water partition coefficient (Wildman–Crippen LogP) is 1.14. The zero-order valence-corrected chi connectivity index (χ0v) is 8.80. The molecular formula is C12H10N2O2. The third-order valence-corrected chi connectivity index (χ3v) is 2.87. The minimum atomic E-state index is -0.155. The zero-order chi connectivity index (χ0) is 11.3. The van der Waals surface area contributed by atoms with Crippen LogP contribution in [0.25, 0.3) is 5.69 Å². The van der Waals surface area contributed by atoms with Gasteiger partial charge in [-0.25, -0.2) is 9.36 Å². The van der Waals surface area contributed by atoms with E-state index in [1.165, 1.54) is 15.4 Å². The number of aryl methyl sites for hydroxylation is 1. The molecule has 1 aromatic heterocycles. The van der Waals surface area contributed by atoms with E-state index in [9.17, 15) is 9.59 Å². The van der Waals surface area contributed by atoms with Crippen LogP contribution in [-0.4, -0.2) is 15.3 Å². The van der Waals surface area contributed by atoms with Gasteiger partial charge in [-0.05, 0) is 18.6 Å². The molecule has 0 atom stereocenters. The van der Waals surface area contributed by atoms with Gasteiger partial charge in [0.2, 0.25) is 5.91 Å². The van der Waals surface area contributed by atoms with Crippen molar-refractivity contribution in [3.05, 3.63) is 51.9 Å². The van der Waals surface area contributed by atoms with Gasteiger partial charge in [-0.1, -0.05) is 18.2 Å². The fourth-order valence-corrected chi connectivity index (χ4v) is 2.20. The topological polar surface area (TPSA) is 44.0 Å². The molecule has 1 aromatic carbocycles. The molecule has 16 heavy (non-hydrogen) atoms. The fraction of sp³-hybridized carbons (Fsp3) is 0.167. The monoisotopic (exact) mass is 214 g/mol. The van der Waals surface area contributed by atoms with Crippen LogP contribution < -0.4 is 5.56 Å². The molecule has 0 amide bonds. The van der Waals surface area contributed by atoms with Crippen LogP contribution in [-0.2, 0) is 6.42 Å². The molecule has 1 aliphatic heterocycles. The van der Waals surface area contributed by atoms with Crippen LogP contribution in [0.15, 0.2) is 35.1 Å². The zero-order valence-electron chi connectivity index (χ0n) is 8.80. The Labute approximate surface area is 91.7 Å². The lowest BCUT2D eigenvalue weighted by Crippen LogP contribution is -2.32. The molecular weight excluding hydrogens is 204 g/mol. The molecule has 80 valence electrons. The van der Waals surface area contributed by atoms with E-state index < -0.39 is 0 Å². The maximum absolute atomic E-state index is 11.9. The summed E-state index contributed by atoms with van der Waals surface area (Å²) in [6, 6.07) is 8.97. The molecule has 0 fully saturated rings. The number of fused-ring (bicyclic) bond motifs is 3. The number of benzene rings is 1. The molecule has 0 N–H and O–H groups in total. The summed E-state index contributed by atoms with van der Waals surface area (Å²) >= 11 is 0. The van der Waals surface area contributed by atoms with Crippen molar-refractivity contribution in [1.82, 2.24) is 9.36 Å². The van der Waals surface area contributed by atoms with Crippen LogP contribution in [0.5, 0.6) is 0 Å². The van der Waals surface area contributed by atoms with E-state index >= 15 is 0 Å². The Balaban J connectivity index is 2.44. The van der Waals surface area contributed by atoms with Gasteiger partial charge in [0.1, 0.15) is 0 Å². The first-order valence-corrected chi connectivity index (χ1v) is 5.11. The standard InChI is InChI=1S/C12H10N2O2/c1-8-6-11(15)14-10-5-3-2-4-9(10)7-12(16)13(8)14/h2-6H,7H2,1H3. The minimum absolute atomic E-state index is 0.0571. The SMILES string of the molecule is Cc1cc(=O)n2n1C(=O)Cc1ccccc1-2. The Morgan fingerprint density at radius 1 is 1.12 bits per heavy atom. The molecule has 2 aromatic rings. The summed E-state index contributed by atoms with van der Waals surface area (Å²) in [5.74, 6) is -0.0571. The van der Waals surface area contributed by atoms with Gasteiger partial charge in [0, 0.05) is 11.8 Å². The summed E-state index contributed by atoms with van der Waals surface area (Å²) in [5.41, 5.74) is 2.24. The predicted molar refractivity (Wildman–Crippen MR) is 59.1 cm³/mol. The van der Waals surface area contributed by atoms with Gasteiger partial charge in [-0.3, -0.25) is 9.59 Å². The first-order valence-electron chi connectivity index (χ1n) is 5.11. The maximum Gasteiger partial charge on any atom is 0.272 e. The first kappa shape index (κ1) is 9.15. The Kier molecular flexibility index (Phi) is 1.68. The number of hydrogen-bond acceptors (Lipinski definition) is 2. The van der Waals surface area contributed by atoms with E-state index in [1.807, 2.05) is 24.3 Å². The second-order valence-electron chi connectivity index (χ2n) is 3.95. The molecule has 0 radical (unpaired) electrons. The van der Waals surface area contributed by atoms with Crippen molar-refractivity contribution in [2.75, 3.05) is 0 Å². The number of nitrogens with zero attached hydrogens (tertiary/aromatic N) is 2. The van der Waals surface area contributed by atoms with E-state index in [0.717, 1.165) is 11.3 Å². The minimum Gasteiger partial charge on any atom is -0.272 e. The third-order valence-electron chi connectivity index (χ3n) is 2.87. The van der Waals surface area contributed by atoms with E-state index in [4.69, 9.17) is 0 Å². The Hall–Kier alpha value is -2.10. The largest absolute Gasteiger partial charge is 0.272 e. The van der Waals surface area contributed by atoms with Crippen molar-refractivity contribution in [3.63, 3.8) is 0 Å². The van der Waals surface area contributed by atoms with Crippen LogP contribution in [0.1, 0.15) is 16.1 Å². The average Bonchev–Trinajstić information content (AvgIpc) is 2.55. The summed E-state index contributed by atoms with van der Waals surface area (Å²) in [7, 11) is 0. The second kappa shape index (κ2) is 2.95. The molecule has 0 saturated heterocycles. The van der Waals surface area contributed by atoms with Gasteiger partial charge < -0.3 is 0 Å². The van der Waals surface area contributed by atoms with Crippen LogP contribution >= 0.6 is 0 Å². The normalized spacial score (nSPS) is 13.4. The summed E-state index contributed by atoms with van der Waals surface area (Å²) in [6.07, 6.45) is 0.352. The number of carbonyl (C=O) groups excluding carboxylic acids is 1. The molecule has 0 unspecified atom stereocenters. The van der Waals surface area contributed by atoms with Gasteiger partial charge in [0.05, 0.1) is 12.1 Å². The summed E-state index contributed by atoms with van der Waals surface area (Å²) in [5, 5.41) is 0. The Bertz CT molecular complexity index is 649. The van der Waals surface area contributed by atoms with Gasteiger partial charge in [0.15, 0.2) is 0 Å². The summed E-state index contributed by atoms with van der Waals surface area (Å²) in [6.45, 7) is 1.77. The van der Waals surface area contributed by atoms with Crippen LogP contribution in [0.2, 0.25) is 0 Å². The van der Waals surface area contributed by atoms with Crippen molar-refractivity contribution in [3.8, 4) is 5.69 Å². The smallest absolute Gasteiger partial charge is 0.272 e. The van der Waals surface area contributed by atoms with E-state index in [-0.39, 0.29) is 11.5 Å². The molecule has 0 saturated carbocycles. The van der Waals surface area contributed by atoms with Gasteiger partial charge >= 0.3 is 0 Å². The molecule has 0 bridgehead atoms. The quantitative estimate of drug-likeness (QED) is 0.660. The molecule has 0 aliphatic carbocycles. The van der Waals surface area contributed by atoms with Crippen LogP contribution in [0.3, 0.4) is 0 Å². The average molecular weight is 214 g/mol. The highest BCUT2D eigenvalue weighted by atomic mass is 16.2. The molecule has 1 aliphatic rings. The van der Waals surface area contributed by atoms with Gasteiger partial charge in [-0.15, -0.1) is 0 Å². The summed E-state index contributed by atoms with van der Waals surface area (Å²) < 4.78 is 2.89. The third kappa shape index (κ3) is 1.04.